The lowest BCUT2D eigenvalue weighted by Crippen LogP contribution is -2.30. The molecule has 4 rings (SSSR count). The lowest BCUT2D eigenvalue weighted by Gasteiger charge is -2.16. The van der Waals surface area contributed by atoms with Gasteiger partial charge >= 0.3 is 0 Å². The van der Waals surface area contributed by atoms with Crippen LogP contribution >= 0.6 is 11.6 Å². The van der Waals surface area contributed by atoms with Gasteiger partial charge in [-0.2, -0.15) is 0 Å². The maximum absolute atomic E-state index is 12.7. The molecule has 2 amide bonds. The van der Waals surface area contributed by atoms with E-state index in [-0.39, 0.29) is 11.8 Å². The predicted molar refractivity (Wildman–Crippen MR) is 142 cm³/mol. The van der Waals surface area contributed by atoms with Crippen molar-refractivity contribution in [2.45, 2.75) is 19.6 Å². The Kier molecular flexibility index (Phi) is 8.21. The van der Waals surface area contributed by atoms with E-state index in [9.17, 15) is 9.59 Å². The summed E-state index contributed by atoms with van der Waals surface area (Å²) in [7, 11) is 0. The summed E-state index contributed by atoms with van der Waals surface area (Å²) in [5, 5.41) is 6.08. The molecule has 0 fully saturated rings. The van der Waals surface area contributed by atoms with Crippen molar-refractivity contribution in [1.82, 2.24) is 0 Å². The van der Waals surface area contributed by atoms with Crippen molar-refractivity contribution in [3.63, 3.8) is 0 Å². The van der Waals surface area contributed by atoms with Crippen LogP contribution in [0.3, 0.4) is 0 Å². The van der Waals surface area contributed by atoms with Crippen LogP contribution < -0.4 is 20.1 Å². The van der Waals surface area contributed by atoms with Crippen molar-refractivity contribution >= 4 is 34.8 Å². The summed E-state index contributed by atoms with van der Waals surface area (Å²) in [5.41, 5.74) is 2.69. The molecule has 0 aromatic heterocycles. The molecule has 1 unspecified atom stereocenters. The molecule has 6 nitrogen and oxygen atoms in total. The monoisotopic (exact) mass is 500 g/mol. The van der Waals surface area contributed by atoms with Gasteiger partial charge in [0.25, 0.3) is 11.8 Å². The zero-order valence-electron chi connectivity index (χ0n) is 19.6. The summed E-state index contributed by atoms with van der Waals surface area (Å²) >= 11 is 6.09. The summed E-state index contributed by atoms with van der Waals surface area (Å²) in [5.74, 6) is 0.463. The molecular weight excluding hydrogens is 476 g/mol. The largest absolute Gasteiger partial charge is 0.489 e. The fourth-order valence-corrected chi connectivity index (χ4v) is 3.52. The Hall–Kier alpha value is -4.29. The smallest absolute Gasteiger partial charge is 0.265 e. The number of carbonyl (C=O) groups excluding carboxylic acids is 2. The number of amides is 2. The highest BCUT2D eigenvalue weighted by atomic mass is 35.5. The van der Waals surface area contributed by atoms with Gasteiger partial charge in [0, 0.05) is 16.9 Å². The highest BCUT2D eigenvalue weighted by Gasteiger charge is 2.16. The van der Waals surface area contributed by atoms with E-state index in [1.54, 1.807) is 73.7 Å². The molecule has 2 N–H and O–H groups in total. The van der Waals surface area contributed by atoms with E-state index in [0.717, 1.165) is 5.56 Å². The van der Waals surface area contributed by atoms with Gasteiger partial charge in [-0.15, -0.1) is 0 Å². The molecule has 0 saturated carbocycles. The Morgan fingerprint density at radius 3 is 2.19 bits per heavy atom. The van der Waals surface area contributed by atoms with Crippen molar-refractivity contribution < 1.29 is 19.1 Å². The fraction of sp³-hybridized carbons (Fsp3) is 0.103. The molecule has 0 radical (unpaired) electrons. The predicted octanol–water partition coefficient (Wildman–Crippen LogP) is 6.58. The number of anilines is 2. The maximum atomic E-state index is 12.7. The first-order valence-corrected chi connectivity index (χ1v) is 11.8. The number of nitrogens with one attached hydrogen (secondary N) is 2. The molecular formula is C29H25ClN2O4. The number of hydrogen-bond acceptors (Lipinski definition) is 4. The summed E-state index contributed by atoms with van der Waals surface area (Å²) in [6.45, 7) is 2.06. The first-order chi connectivity index (χ1) is 17.5. The van der Waals surface area contributed by atoms with Crippen LogP contribution in [0.25, 0.3) is 0 Å². The molecule has 0 heterocycles. The number of rotatable bonds is 9. The highest BCUT2D eigenvalue weighted by Crippen LogP contribution is 2.24. The van der Waals surface area contributed by atoms with Gasteiger partial charge in [0.2, 0.25) is 0 Å². The van der Waals surface area contributed by atoms with E-state index >= 15 is 0 Å². The Morgan fingerprint density at radius 1 is 0.806 bits per heavy atom. The maximum Gasteiger partial charge on any atom is 0.265 e. The molecule has 0 bridgehead atoms. The van der Waals surface area contributed by atoms with E-state index < -0.39 is 6.10 Å². The quantitative estimate of drug-likeness (QED) is 0.272. The molecule has 0 aliphatic heterocycles. The Balaban J connectivity index is 1.31. The highest BCUT2D eigenvalue weighted by molar-refractivity contribution is 6.32. The second-order valence-corrected chi connectivity index (χ2v) is 8.42. The minimum atomic E-state index is -0.749. The molecule has 7 heteroatoms. The van der Waals surface area contributed by atoms with Gasteiger partial charge < -0.3 is 20.1 Å². The van der Waals surface area contributed by atoms with E-state index in [2.05, 4.69) is 10.6 Å². The van der Waals surface area contributed by atoms with Crippen molar-refractivity contribution in [3.05, 3.63) is 119 Å². The minimum Gasteiger partial charge on any atom is -0.489 e. The summed E-state index contributed by atoms with van der Waals surface area (Å²) in [6, 6.07) is 30.6. The number of para-hydroxylation sites is 1. The van der Waals surface area contributed by atoms with Gasteiger partial charge in [0.1, 0.15) is 18.1 Å². The van der Waals surface area contributed by atoms with E-state index in [4.69, 9.17) is 21.1 Å². The number of carbonyl (C=O) groups is 2. The first-order valence-electron chi connectivity index (χ1n) is 11.4. The summed E-state index contributed by atoms with van der Waals surface area (Å²) < 4.78 is 11.5. The van der Waals surface area contributed by atoms with Crippen LogP contribution in [0.5, 0.6) is 11.5 Å². The van der Waals surface area contributed by atoms with Crippen LogP contribution in [-0.4, -0.2) is 17.9 Å². The molecule has 0 aliphatic carbocycles. The van der Waals surface area contributed by atoms with Crippen LogP contribution in [0.4, 0.5) is 11.4 Å². The van der Waals surface area contributed by atoms with Gasteiger partial charge in [0.15, 0.2) is 6.10 Å². The van der Waals surface area contributed by atoms with E-state index in [0.29, 0.717) is 40.1 Å². The van der Waals surface area contributed by atoms with Crippen molar-refractivity contribution in [1.29, 1.82) is 0 Å². The molecule has 1 atom stereocenters. The van der Waals surface area contributed by atoms with Crippen LogP contribution in [-0.2, 0) is 11.4 Å². The van der Waals surface area contributed by atoms with Crippen molar-refractivity contribution in [2.24, 2.45) is 0 Å². The molecule has 0 spiro atoms. The van der Waals surface area contributed by atoms with Gasteiger partial charge in [0.05, 0.1) is 5.02 Å². The van der Waals surface area contributed by atoms with Crippen LogP contribution in [0, 0.1) is 0 Å². The lowest BCUT2D eigenvalue weighted by molar-refractivity contribution is -0.122. The Bertz CT molecular complexity index is 1330. The van der Waals surface area contributed by atoms with E-state index in [1.165, 1.54) is 0 Å². The normalized spacial score (nSPS) is 11.3. The second-order valence-electron chi connectivity index (χ2n) is 8.01. The molecule has 4 aromatic rings. The average molecular weight is 501 g/mol. The molecule has 4 aromatic carbocycles. The molecule has 36 heavy (non-hydrogen) atoms. The van der Waals surface area contributed by atoms with Crippen LogP contribution in [0.1, 0.15) is 22.8 Å². The Morgan fingerprint density at radius 2 is 1.47 bits per heavy atom. The lowest BCUT2D eigenvalue weighted by atomic mass is 10.2. The SMILES string of the molecule is CC(Oc1ccccc1Cl)C(=O)Nc1ccc(NC(=O)c2cccc(OCc3ccccc3)c2)cc1. The van der Waals surface area contributed by atoms with Gasteiger partial charge in [-0.3, -0.25) is 9.59 Å². The third-order valence-corrected chi connectivity index (χ3v) is 5.58. The third kappa shape index (κ3) is 6.87. The third-order valence-electron chi connectivity index (χ3n) is 5.26. The van der Waals surface area contributed by atoms with Crippen molar-refractivity contribution in [2.75, 3.05) is 10.6 Å². The minimum absolute atomic E-state index is 0.265. The standard InChI is InChI=1S/C29H25ClN2O4/c1-20(36-27-13-6-5-12-26(27)30)28(33)31-23-14-16-24(17-15-23)32-29(34)22-10-7-11-25(18-22)35-19-21-8-3-2-4-9-21/h2-18,20H,19H2,1H3,(H,31,33)(H,32,34). The average Bonchev–Trinajstić information content (AvgIpc) is 2.90. The topological polar surface area (TPSA) is 76.7 Å². The molecule has 0 saturated heterocycles. The Labute approximate surface area is 214 Å². The summed E-state index contributed by atoms with van der Waals surface area (Å²) in [4.78, 5) is 25.2. The van der Waals surface area contributed by atoms with Crippen molar-refractivity contribution in [3.8, 4) is 11.5 Å². The van der Waals surface area contributed by atoms with E-state index in [1.807, 2.05) is 36.4 Å². The number of halogens is 1. The zero-order valence-corrected chi connectivity index (χ0v) is 20.4. The molecule has 182 valence electrons. The molecule has 0 aliphatic rings. The first kappa shape index (κ1) is 24.8. The van der Waals surface area contributed by atoms with Gasteiger partial charge in [-0.25, -0.2) is 0 Å². The van der Waals surface area contributed by atoms with Crippen LogP contribution in [0.2, 0.25) is 5.02 Å². The van der Waals surface area contributed by atoms with Crippen LogP contribution in [0.15, 0.2) is 103 Å². The number of hydrogen-bond donors (Lipinski definition) is 2. The number of benzene rings is 4. The zero-order chi connectivity index (χ0) is 25.3. The number of ether oxygens (including phenoxy) is 2. The second kappa shape index (κ2) is 11.9. The van der Waals surface area contributed by atoms with Gasteiger partial charge in [-0.1, -0.05) is 60.1 Å². The fourth-order valence-electron chi connectivity index (χ4n) is 3.34. The van der Waals surface area contributed by atoms with Gasteiger partial charge in [-0.05, 0) is 67.1 Å². The summed E-state index contributed by atoms with van der Waals surface area (Å²) in [6.07, 6.45) is -0.749.